The molecule has 0 bridgehead atoms. The molecule has 22 heavy (non-hydrogen) atoms. The Morgan fingerprint density at radius 2 is 1.86 bits per heavy atom. The predicted molar refractivity (Wildman–Crippen MR) is 88.8 cm³/mol. The summed E-state index contributed by atoms with van der Waals surface area (Å²) in [6.45, 7) is 6.02. The minimum atomic E-state index is -0.153. The van der Waals surface area contributed by atoms with Gasteiger partial charge in [0.05, 0.1) is 5.69 Å². The lowest BCUT2D eigenvalue weighted by Gasteiger charge is -2.34. The van der Waals surface area contributed by atoms with Crippen molar-refractivity contribution in [2.75, 3.05) is 43.4 Å². The molecule has 1 aromatic heterocycles. The minimum Gasteiger partial charge on any atom is -0.369 e. The summed E-state index contributed by atoms with van der Waals surface area (Å²) in [5.74, 6) is -0.153. The van der Waals surface area contributed by atoms with Gasteiger partial charge < -0.3 is 15.1 Å². The van der Waals surface area contributed by atoms with Crippen molar-refractivity contribution in [1.82, 2.24) is 14.5 Å². The maximum atomic E-state index is 12.1. The Balaban J connectivity index is 1.64. The SMILES string of the molecule is Cc1nnsc1C(=O)Nc1ccc(N2CCN(C)CC2)cc1. The van der Waals surface area contributed by atoms with Gasteiger partial charge in [-0.25, -0.2) is 0 Å². The molecule has 1 fully saturated rings. The number of rotatable bonds is 3. The molecule has 3 rings (SSSR count). The summed E-state index contributed by atoms with van der Waals surface area (Å²) in [5, 5.41) is 6.74. The number of hydrogen-bond donors (Lipinski definition) is 1. The Bertz CT molecular complexity index is 646. The van der Waals surface area contributed by atoms with Gasteiger partial charge in [-0.3, -0.25) is 4.79 Å². The third kappa shape index (κ3) is 3.26. The number of anilines is 2. The van der Waals surface area contributed by atoms with Crippen LogP contribution in [0.25, 0.3) is 0 Å². The van der Waals surface area contributed by atoms with Gasteiger partial charge in [-0.15, -0.1) is 5.10 Å². The molecular formula is C15H19N5OS. The van der Waals surface area contributed by atoms with E-state index in [4.69, 9.17) is 0 Å². The highest BCUT2D eigenvalue weighted by molar-refractivity contribution is 7.08. The summed E-state index contributed by atoms with van der Waals surface area (Å²) in [6.07, 6.45) is 0. The zero-order chi connectivity index (χ0) is 15.5. The number of amides is 1. The highest BCUT2D eigenvalue weighted by Gasteiger charge is 2.15. The Hall–Kier alpha value is -1.99. The van der Waals surface area contributed by atoms with Gasteiger partial charge >= 0.3 is 0 Å². The van der Waals surface area contributed by atoms with Crippen LogP contribution in [0.1, 0.15) is 15.4 Å². The molecule has 0 saturated carbocycles. The molecular weight excluding hydrogens is 298 g/mol. The van der Waals surface area contributed by atoms with E-state index in [-0.39, 0.29) is 5.91 Å². The summed E-state index contributed by atoms with van der Waals surface area (Å²) in [5.41, 5.74) is 2.65. The second-order valence-corrected chi connectivity index (χ2v) is 6.23. The standard InChI is InChI=1S/C15H19N5OS/c1-11-14(22-18-17-11)15(21)16-12-3-5-13(6-4-12)20-9-7-19(2)8-10-20/h3-6H,7-10H2,1-2H3,(H,16,21). The quantitative estimate of drug-likeness (QED) is 0.936. The highest BCUT2D eigenvalue weighted by atomic mass is 32.1. The van der Waals surface area contributed by atoms with Crippen LogP contribution in [0.15, 0.2) is 24.3 Å². The second kappa shape index (κ2) is 6.41. The molecule has 7 heteroatoms. The number of aromatic nitrogens is 2. The van der Waals surface area contributed by atoms with Gasteiger partial charge in [0.1, 0.15) is 4.88 Å². The van der Waals surface area contributed by atoms with Crippen LogP contribution in [-0.4, -0.2) is 53.6 Å². The lowest BCUT2D eigenvalue weighted by Crippen LogP contribution is -2.44. The van der Waals surface area contributed by atoms with Gasteiger partial charge in [-0.05, 0) is 49.8 Å². The Kier molecular flexibility index (Phi) is 4.35. The maximum absolute atomic E-state index is 12.1. The summed E-state index contributed by atoms with van der Waals surface area (Å²) < 4.78 is 3.79. The molecule has 0 unspecified atom stereocenters. The molecule has 2 heterocycles. The van der Waals surface area contributed by atoms with Gasteiger partial charge in [0.2, 0.25) is 0 Å². The van der Waals surface area contributed by atoms with E-state index in [1.54, 1.807) is 6.92 Å². The summed E-state index contributed by atoms with van der Waals surface area (Å²) >= 11 is 1.12. The average Bonchev–Trinajstić information content (AvgIpc) is 2.95. The van der Waals surface area contributed by atoms with Crippen LogP contribution >= 0.6 is 11.5 Å². The monoisotopic (exact) mass is 317 g/mol. The highest BCUT2D eigenvalue weighted by Crippen LogP contribution is 2.20. The van der Waals surface area contributed by atoms with Gasteiger partial charge in [0.25, 0.3) is 5.91 Å². The molecule has 2 aromatic rings. The van der Waals surface area contributed by atoms with E-state index in [0.29, 0.717) is 10.6 Å². The third-order valence-corrected chi connectivity index (χ3v) is 4.68. The number of carbonyl (C=O) groups excluding carboxylic acids is 1. The van der Waals surface area contributed by atoms with Crippen LogP contribution in [0.2, 0.25) is 0 Å². The summed E-state index contributed by atoms with van der Waals surface area (Å²) in [4.78, 5) is 17.4. The van der Waals surface area contributed by atoms with Crippen molar-refractivity contribution in [2.24, 2.45) is 0 Å². The van der Waals surface area contributed by atoms with Crippen LogP contribution in [0.4, 0.5) is 11.4 Å². The number of likely N-dealkylation sites (N-methyl/N-ethyl adjacent to an activating group) is 1. The molecule has 6 nitrogen and oxygen atoms in total. The predicted octanol–water partition coefficient (Wildman–Crippen LogP) is 1.85. The number of aryl methyl sites for hydroxylation is 1. The van der Waals surface area contributed by atoms with Crippen LogP contribution in [0.3, 0.4) is 0 Å². The third-order valence-electron chi connectivity index (χ3n) is 3.85. The van der Waals surface area contributed by atoms with E-state index < -0.39 is 0 Å². The molecule has 0 atom stereocenters. The van der Waals surface area contributed by atoms with Crippen molar-refractivity contribution in [3.8, 4) is 0 Å². The lowest BCUT2D eigenvalue weighted by molar-refractivity contribution is 0.103. The fraction of sp³-hybridized carbons (Fsp3) is 0.400. The second-order valence-electron chi connectivity index (χ2n) is 5.48. The maximum Gasteiger partial charge on any atom is 0.269 e. The van der Waals surface area contributed by atoms with E-state index in [9.17, 15) is 4.79 Å². The lowest BCUT2D eigenvalue weighted by atomic mass is 10.2. The number of nitrogens with zero attached hydrogens (tertiary/aromatic N) is 4. The molecule has 0 radical (unpaired) electrons. The van der Waals surface area contributed by atoms with Crippen molar-refractivity contribution >= 4 is 28.8 Å². The summed E-state index contributed by atoms with van der Waals surface area (Å²) in [7, 11) is 2.15. The van der Waals surface area contributed by atoms with E-state index in [0.717, 1.165) is 43.4 Å². The number of piperazine rings is 1. The van der Waals surface area contributed by atoms with Crippen molar-refractivity contribution in [3.63, 3.8) is 0 Å². The summed E-state index contributed by atoms with van der Waals surface area (Å²) in [6, 6.07) is 7.99. The number of hydrogen-bond acceptors (Lipinski definition) is 6. The normalized spacial score (nSPS) is 15.8. The number of benzene rings is 1. The molecule has 1 N–H and O–H groups in total. The van der Waals surface area contributed by atoms with Crippen molar-refractivity contribution in [1.29, 1.82) is 0 Å². The van der Waals surface area contributed by atoms with Crippen LogP contribution in [-0.2, 0) is 0 Å². The fourth-order valence-corrected chi connectivity index (χ4v) is 3.00. The molecule has 116 valence electrons. The molecule has 0 aliphatic carbocycles. The molecule has 1 aliphatic heterocycles. The fourth-order valence-electron chi connectivity index (χ4n) is 2.45. The molecule has 1 saturated heterocycles. The van der Waals surface area contributed by atoms with Crippen molar-refractivity contribution < 1.29 is 4.79 Å². The van der Waals surface area contributed by atoms with Crippen LogP contribution in [0, 0.1) is 6.92 Å². The van der Waals surface area contributed by atoms with Gasteiger partial charge in [-0.1, -0.05) is 4.49 Å². The molecule has 1 aromatic carbocycles. The molecule has 0 spiro atoms. The number of carbonyl (C=O) groups is 1. The van der Waals surface area contributed by atoms with Gasteiger partial charge in [-0.2, -0.15) is 0 Å². The molecule has 1 amide bonds. The van der Waals surface area contributed by atoms with E-state index in [1.165, 1.54) is 5.69 Å². The topological polar surface area (TPSA) is 61.4 Å². The van der Waals surface area contributed by atoms with Crippen molar-refractivity contribution in [2.45, 2.75) is 6.92 Å². The minimum absolute atomic E-state index is 0.153. The first-order chi connectivity index (χ1) is 10.6. The van der Waals surface area contributed by atoms with E-state index in [2.05, 4.69) is 43.9 Å². The smallest absolute Gasteiger partial charge is 0.269 e. The largest absolute Gasteiger partial charge is 0.369 e. The van der Waals surface area contributed by atoms with Crippen LogP contribution < -0.4 is 10.2 Å². The first-order valence-corrected chi connectivity index (χ1v) is 8.04. The Labute approximate surface area is 133 Å². The number of nitrogens with one attached hydrogen (secondary N) is 1. The van der Waals surface area contributed by atoms with Crippen molar-refractivity contribution in [3.05, 3.63) is 34.8 Å². The Morgan fingerprint density at radius 3 is 2.45 bits per heavy atom. The Morgan fingerprint density at radius 1 is 1.18 bits per heavy atom. The first kappa shape index (κ1) is 14.9. The van der Waals surface area contributed by atoms with Gasteiger partial charge in [0, 0.05) is 37.6 Å². The zero-order valence-electron chi connectivity index (χ0n) is 12.7. The van der Waals surface area contributed by atoms with E-state index in [1.807, 2.05) is 12.1 Å². The molecule has 1 aliphatic rings. The zero-order valence-corrected chi connectivity index (χ0v) is 13.6. The van der Waals surface area contributed by atoms with E-state index >= 15 is 0 Å². The van der Waals surface area contributed by atoms with Crippen LogP contribution in [0.5, 0.6) is 0 Å². The average molecular weight is 317 g/mol. The first-order valence-electron chi connectivity index (χ1n) is 7.27. The van der Waals surface area contributed by atoms with Gasteiger partial charge in [0.15, 0.2) is 0 Å².